The summed E-state index contributed by atoms with van der Waals surface area (Å²) in [6, 6.07) is 1.94. The second-order valence-electron chi connectivity index (χ2n) is 15.9. The lowest BCUT2D eigenvalue weighted by Crippen LogP contribution is -2.72. The Labute approximate surface area is 277 Å². The highest BCUT2D eigenvalue weighted by molar-refractivity contribution is 5.75. The fraction of sp³-hybridized carbons (Fsp3) is 0.730. The highest BCUT2D eigenvalue weighted by atomic mass is 16.6. The van der Waals surface area contributed by atoms with Gasteiger partial charge in [0.15, 0.2) is 6.10 Å². The zero-order valence-electron chi connectivity index (χ0n) is 29.5. The van der Waals surface area contributed by atoms with Gasteiger partial charge in [-0.05, 0) is 48.6 Å². The number of fused-ring (bicyclic) bond motifs is 5. The van der Waals surface area contributed by atoms with E-state index in [0.29, 0.717) is 25.7 Å². The van der Waals surface area contributed by atoms with Gasteiger partial charge in [-0.1, -0.05) is 60.1 Å². The molecule has 0 saturated heterocycles. The molecule has 4 aliphatic carbocycles. The smallest absolute Gasteiger partial charge is 0.335 e. The maximum Gasteiger partial charge on any atom is 0.335 e. The van der Waals surface area contributed by atoms with Crippen molar-refractivity contribution in [1.82, 2.24) is 0 Å². The Morgan fingerprint density at radius 2 is 1.34 bits per heavy atom. The summed E-state index contributed by atoms with van der Waals surface area (Å²) in [6.07, 6.45) is 3.58. The average Bonchev–Trinajstić information content (AvgIpc) is 3.61. The van der Waals surface area contributed by atoms with Crippen molar-refractivity contribution in [3.8, 4) is 0 Å². The van der Waals surface area contributed by atoms with Gasteiger partial charge in [-0.25, -0.2) is 4.79 Å². The molecule has 0 aromatic carbocycles. The largest absolute Gasteiger partial charge is 0.472 e. The third-order valence-electron chi connectivity index (χ3n) is 12.8. The SMILES string of the molecule is CC(=O)OC1CC(OC(C)=O)C2(C)C(CC(OC(=O)C(O)C(C)C)C3(C)C4=CCC(c5ccoc5)C4(C)C(OC(C)=O)CC32)C1(C)C. The highest BCUT2D eigenvalue weighted by Gasteiger charge is 2.74. The van der Waals surface area contributed by atoms with Crippen LogP contribution >= 0.6 is 0 Å². The molecule has 10 heteroatoms. The number of hydrogen-bond donors (Lipinski definition) is 1. The molecular formula is C37H52O10. The number of aliphatic hydroxyl groups excluding tert-OH is 1. The fourth-order valence-electron chi connectivity index (χ4n) is 10.5. The Bertz CT molecular complexity index is 1430. The maximum atomic E-state index is 13.6. The van der Waals surface area contributed by atoms with Crippen molar-refractivity contribution in [2.75, 3.05) is 0 Å². The van der Waals surface area contributed by atoms with Crippen LogP contribution in [0.1, 0.15) is 106 Å². The number of aliphatic hydroxyl groups is 1. The molecule has 0 amide bonds. The summed E-state index contributed by atoms with van der Waals surface area (Å²) < 4.78 is 30.3. The van der Waals surface area contributed by atoms with Crippen LogP contribution in [0.5, 0.6) is 0 Å². The number of carbonyl (C=O) groups excluding carboxylic acids is 4. The van der Waals surface area contributed by atoms with E-state index in [9.17, 15) is 24.3 Å². The molecule has 1 N–H and O–H groups in total. The van der Waals surface area contributed by atoms with Crippen LogP contribution in [-0.4, -0.2) is 59.5 Å². The quantitative estimate of drug-likeness (QED) is 0.214. The molecule has 10 nitrogen and oxygen atoms in total. The first-order valence-corrected chi connectivity index (χ1v) is 16.9. The third kappa shape index (κ3) is 5.42. The second kappa shape index (κ2) is 12.1. The van der Waals surface area contributed by atoms with Gasteiger partial charge in [0, 0.05) is 54.8 Å². The normalized spacial score (nSPS) is 39.4. The van der Waals surface area contributed by atoms with Crippen LogP contribution in [0.15, 0.2) is 34.7 Å². The summed E-state index contributed by atoms with van der Waals surface area (Å²) in [5.74, 6) is -2.95. The van der Waals surface area contributed by atoms with Crippen LogP contribution in [-0.2, 0) is 38.1 Å². The van der Waals surface area contributed by atoms with Crippen LogP contribution in [0.25, 0.3) is 0 Å². The standard InChI is InChI=1S/C37H52O10/c1-19(2)32(41)33(42)47-30-15-26-34(6,7)28(44-20(3)38)17-31(46-22(5)40)37(26,10)27-16-29(45-21(4)39)35(8)24(23-13-14-43-18-23)11-12-25(35)36(27,30)9/h12-14,18-19,24,26-32,41H,11,15-17H2,1-10H3. The Hall–Kier alpha value is -3.14. The molecule has 260 valence electrons. The van der Waals surface area contributed by atoms with Gasteiger partial charge >= 0.3 is 23.9 Å². The topological polar surface area (TPSA) is 139 Å². The third-order valence-corrected chi connectivity index (χ3v) is 12.8. The number of carbonyl (C=O) groups is 4. The van der Waals surface area contributed by atoms with E-state index < -0.39 is 76.1 Å². The molecule has 5 rings (SSSR count). The van der Waals surface area contributed by atoms with Crippen molar-refractivity contribution in [1.29, 1.82) is 0 Å². The van der Waals surface area contributed by atoms with Gasteiger partial charge in [0.25, 0.3) is 0 Å². The van der Waals surface area contributed by atoms with E-state index in [0.717, 1.165) is 11.1 Å². The molecule has 3 fully saturated rings. The molecule has 0 bridgehead atoms. The summed E-state index contributed by atoms with van der Waals surface area (Å²) in [7, 11) is 0. The summed E-state index contributed by atoms with van der Waals surface area (Å²) in [4.78, 5) is 51.4. The molecule has 11 atom stereocenters. The lowest BCUT2D eigenvalue weighted by molar-refractivity contribution is -0.270. The van der Waals surface area contributed by atoms with Crippen molar-refractivity contribution in [3.05, 3.63) is 35.8 Å². The Morgan fingerprint density at radius 3 is 1.89 bits per heavy atom. The van der Waals surface area contributed by atoms with Gasteiger partial charge in [-0.3, -0.25) is 14.4 Å². The molecular weight excluding hydrogens is 604 g/mol. The number of allylic oxidation sites excluding steroid dienone is 1. The van der Waals surface area contributed by atoms with Crippen molar-refractivity contribution >= 4 is 23.9 Å². The van der Waals surface area contributed by atoms with Crippen LogP contribution in [0, 0.1) is 39.4 Å². The molecule has 1 aromatic heterocycles. The van der Waals surface area contributed by atoms with E-state index >= 15 is 0 Å². The molecule has 0 radical (unpaired) electrons. The molecule has 1 heterocycles. The van der Waals surface area contributed by atoms with Gasteiger partial charge < -0.3 is 28.5 Å². The van der Waals surface area contributed by atoms with E-state index in [1.165, 1.54) is 20.8 Å². The van der Waals surface area contributed by atoms with Gasteiger partial charge in [-0.15, -0.1) is 0 Å². The van der Waals surface area contributed by atoms with E-state index in [1.807, 2.05) is 6.07 Å². The van der Waals surface area contributed by atoms with Crippen molar-refractivity contribution in [2.45, 2.75) is 131 Å². The minimum absolute atomic E-state index is 0.0677. The second-order valence-corrected chi connectivity index (χ2v) is 15.9. The van der Waals surface area contributed by atoms with Gasteiger partial charge in [0.1, 0.15) is 24.4 Å². The summed E-state index contributed by atoms with van der Waals surface area (Å²) in [6.45, 7) is 18.2. The van der Waals surface area contributed by atoms with E-state index in [1.54, 1.807) is 26.4 Å². The maximum absolute atomic E-state index is 13.6. The molecule has 4 aliphatic rings. The number of furan rings is 1. The number of hydrogen-bond acceptors (Lipinski definition) is 10. The molecule has 0 spiro atoms. The average molecular weight is 657 g/mol. The molecule has 3 saturated carbocycles. The first-order valence-electron chi connectivity index (χ1n) is 16.9. The van der Waals surface area contributed by atoms with Crippen molar-refractivity contribution in [2.24, 2.45) is 39.4 Å². The van der Waals surface area contributed by atoms with Crippen LogP contribution in [0.2, 0.25) is 0 Å². The minimum atomic E-state index is -1.31. The van der Waals surface area contributed by atoms with Gasteiger partial charge in [-0.2, -0.15) is 0 Å². The van der Waals surface area contributed by atoms with E-state index in [-0.39, 0.29) is 23.7 Å². The van der Waals surface area contributed by atoms with Crippen LogP contribution in [0.3, 0.4) is 0 Å². The fourth-order valence-corrected chi connectivity index (χ4v) is 10.5. The zero-order chi connectivity index (χ0) is 34.9. The Kier molecular flexibility index (Phi) is 9.04. The first-order chi connectivity index (χ1) is 21.8. The Balaban J connectivity index is 1.74. The number of rotatable bonds is 7. The van der Waals surface area contributed by atoms with E-state index in [4.69, 9.17) is 23.4 Å². The van der Waals surface area contributed by atoms with Gasteiger partial charge in [0.2, 0.25) is 0 Å². The van der Waals surface area contributed by atoms with E-state index in [2.05, 4.69) is 40.7 Å². The summed E-state index contributed by atoms with van der Waals surface area (Å²) >= 11 is 0. The monoisotopic (exact) mass is 656 g/mol. The molecule has 47 heavy (non-hydrogen) atoms. The predicted octanol–water partition coefficient (Wildman–Crippen LogP) is 5.91. The molecule has 0 aliphatic heterocycles. The highest BCUT2D eigenvalue weighted by Crippen LogP contribution is 2.74. The lowest BCUT2D eigenvalue weighted by atomic mass is 9.36. The number of ether oxygens (including phenoxy) is 4. The molecule has 1 aromatic rings. The predicted molar refractivity (Wildman–Crippen MR) is 170 cm³/mol. The lowest BCUT2D eigenvalue weighted by Gasteiger charge is -2.70. The van der Waals surface area contributed by atoms with Crippen LogP contribution in [0.4, 0.5) is 0 Å². The van der Waals surface area contributed by atoms with Gasteiger partial charge in [0.05, 0.1) is 12.5 Å². The minimum Gasteiger partial charge on any atom is -0.472 e. The van der Waals surface area contributed by atoms with Crippen molar-refractivity contribution < 1.29 is 47.6 Å². The van der Waals surface area contributed by atoms with Crippen LogP contribution < -0.4 is 0 Å². The number of esters is 4. The first kappa shape index (κ1) is 35.2. The summed E-state index contributed by atoms with van der Waals surface area (Å²) in [5, 5.41) is 10.8. The van der Waals surface area contributed by atoms with Crippen molar-refractivity contribution in [3.63, 3.8) is 0 Å². The Morgan fingerprint density at radius 1 is 0.787 bits per heavy atom. The zero-order valence-corrected chi connectivity index (χ0v) is 29.5. The molecule has 11 unspecified atom stereocenters. The summed E-state index contributed by atoms with van der Waals surface area (Å²) in [5.41, 5.74) is -0.800.